The van der Waals surface area contributed by atoms with Gasteiger partial charge in [-0.3, -0.25) is 9.59 Å². The van der Waals surface area contributed by atoms with E-state index in [0.717, 1.165) is 11.1 Å². The minimum atomic E-state index is -0.808. The highest BCUT2D eigenvalue weighted by Gasteiger charge is 2.15. The second-order valence-corrected chi connectivity index (χ2v) is 5.00. The molecule has 0 saturated heterocycles. The summed E-state index contributed by atoms with van der Waals surface area (Å²) in [5, 5.41) is 12.7. The molecule has 3 N–H and O–H groups in total. The monoisotopic (exact) mass is 286 g/mol. The molecule has 1 aromatic heterocycles. The molecule has 0 aliphatic heterocycles. The number of aromatic nitrogens is 1. The van der Waals surface area contributed by atoms with Crippen molar-refractivity contribution in [2.45, 2.75) is 20.0 Å². The van der Waals surface area contributed by atoms with Crippen LogP contribution in [0.3, 0.4) is 0 Å². The summed E-state index contributed by atoms with van der Waals surface area (Å²) in [7, 11) is 0. The zero-order valence-electron chi connectivity index (χ0n) is 12.0. The molecule has 0 fully saturated rings. The van der Waals surface area contributed by atoms with E-state index in [0.29, 0.717) is 5.56 Å². The van der Waals surface area contributed by atoms with Crippen molar-refractivity contribution in [2.24, 2.45) is 0 Å². The van der Waals surface area contributed by atoms with Crippen molar-refractivity contribution in [3.8, 4) is 0 Å². The molecule has 1 aromatic carbocycles. The number of hydrogen-bond donors (Lipinski definition) is 3. The molecule has 0 radical (unpaired) electrons. The SMILES string of the molecule is Cc1cccc(C(O)CNC(=O)c2c(C)cc[nH]c2=O)c1. The van der Waals surface area contributed by atoms with Crippen LogP contribution in [0.5, 0.6) is 0 Å². The van der Waals surface area contributed by atoms with Gasteiger partial charge in [0.1, 0.15) is 5.56 Å². The van der Waals surface area contributed by atoms with Crippen LogP contribution in [0.4, 0.5) is 0 Å². The first-order valence-electron chi connectivity index (χ1n) is 6.70. The molecule has 1 amide bonds. The van der Waals surface area contributed by atoms with Gasteiger partial charge in [0.25, 0.3) is 11.5 Å². The average molecular weight is 286 g/mol. The third kappa shape index (κ3) is 3.58. The fourth-order valence-corrected chi connectivity index (χ4v) is 2.13. The van der Waals surface area contributed by atoms with E-state index < -0.39 is 17.6 Å². The van der Waals surface area contributed by atoms with E-state index in [4.69, 9.17) is 0 Å². The van der Waals surface area contributed by atoms with Crippen molar-refractivity contribution in [1.82, 2.24) is 10.3 Å². The Morgan fingerprint density at radius 3 is 2.76 bits per heavy atom. The number of rotatable bonds is 4. The predicted molar refractivity (Wildman–Crippen MR) is 80.3 cm³/mol. The number of aliphatic hydroxyl groups excluding tert-OH is 1. The van der Waals surface area contributed by atoms with Crippen molar-refractivity contribution in [3.05, 3.63) is 69.1 Å². The number of aryl methyl sites for hydroxylation is 2. The molecule has 1 unspecified atom stereocenters. The van der Waals surface area contributed by atoms with Gasteiger partial charge < -0.3 is 15.4 Å². The molecule has 1 heterocycles. The van der Waals surface area contributed by atoms with Gasteiger partial charge >= 0.3 is 0 Å². The number of amides is 1. The highest BCUT2D eigenvalue weighted by molar-refractivity contribution is 5.95. The van der Waals surface area contributed by atoms with Crippen LogP contribution in [0.25, 0.3) is 0 Å². The molecule has 2 rings (SSSR count). The topological polar surface area (TPSA) is 82.2 Å². The van der Waals surface area contributed by atoms with Gasteiger partial charge in [0.05, 0.1) is 6.10 Å². The molecule has 5 nitrogen and oxygen atoms in total. The minimum absolute atomic E-state index is 0.0516. The lowest BCUT2D eigenvalue weighted by Crippen LogP contribution is -2.33. The zero-order valence-corrected chi connectivity index (χ0v) is 12.0. The van der Waals surface area contributed by atoms with Crippen LogP contribution in [0.1, 0.15) is 33.2 Å². The van der Waals surface area contributed by atoms with Gasteiger partial charge in [-0.1, -0.05) is 29.8 Å². The minimum Gasteiger partial charge on any atom is -0.387 e. The van der Waals surface area contributed by atoms with Crippen molar-refractivity contribution < 1.29 is 9.90 Å². The van der Waals surface area contributed by atoms with E-state index in [1.807, 2.05) is 25.1 Å². The maximum Gasteiger partial charge on any atom is 0.261 e. The van der Waals surface area contributed by atoms with Gasteiger partial charge in [-0.05, 0) is 31.0 Å². The summed E-state index contributed by atoms with van der Waals surface area (Å²) in [4.78, 5) is 26.2. The van der Waals surface area contributed by atoms with Crippen LogP contribution in [0.15, 0.2) is 41.3 Å². The van der Waals surface area contributed by atoms with Gasteiger partial charge in [-0.25, -0.2) is 0 Å². The highest BCUT2D eigenvalue weighted by atomic mass is 16.3. The summed E-state index contributed by atoms with van der Waals surface area (Å²) in [6.45, 7) is 3.68. The Hall–Kier alpha value is -2.40. The summed E-state index contributed by atoms with van der Waals surface area (Å²) >= 11 is 0. The first-order valence-corrected chi connectivity index (χ1v) is 6.70. The van der Waals surface area contributed by atoms with E-state index >= 15 is 0 Å². The number of aromatic amines is 1. The number of H-pyrrole nitrogens is 1. The quantitative estimate of drug-likeness (QED) is 0.795. The van der Waals surface area contributed by atoms with Gasteiger partial charge in [0.15, 0.2) is 0 Å². The Balaban J connectivity index is 2.06. The maximum atomic E-state index is 12.0. The van der Waals surface area contributed by atoms with E-state index in [1.54, 1.807) is 19.1 Å². The molecule has 0 aliphatic carbocycles. The Bertz CT molecular complexity index is 707. The number of pyridine rings is 1. The molecular weight excluding hydrogens is 268 g/mol. The number of carbonyl (C=O) groups excluding carboxylic acids is 1. The Morgan fingerprint density at radius 2 is 2.10 bits per heavy atom. The molecular formula is C16H18N2O3. The van der Waals surface area contributed by atoms with Gasteiger partial charge in [0, 0.05) is 12.7 Å². The third-order valence-electron chi connectivity index (χ3n) is 3.28. The van der Waals surface area contributed by atoms with E-state index in [9.17, 15) is 14.7 Å². The van der Waals surface area contributed by atoms with Crippen LogP contribution in [-0.4, -0.2) is 22.5 Å². The zero-order chi connectivity index (χ0) is 15.4. The summed E-state index contributed by atoms with van der Waals surface area (Å²) in [6.07, 6.45) is 0.688. The molecule has 21 heavy (non-hydrogen) atoms. The third-order valence-corrected chi connectivity index (χ3v) is 3.28. The fourth-order valence-electron chi connectivity index (χ4n) is 2.13. The molecule has 2 aromatic rings. The number of hydrogen-bond acceptors (Lipinski definition) is 3. The summed E-state index contributed by atoms with van der Waals surface area (Å²) in [6, 6.07) is 9.10. The van der Waals surface area contributed by atoms with Gasteiger partial charge in [-0.2, -0.15) is 0 Å². The number of benzene rings is 1. The number of aliphatic hydroxyl groups is 1. The summed E-state index contributed by atoms with van der Waals surface area (Å²) < 4.78 is 0. The first-order chi connectivity index (χ1) is 9.99. The van der Waals surface area contributed by atoms with Crippen molar-refractivity contribution in [2.75, 3.05) is 6.54 Å². The summed E-state index contributed by atoms with van der Waals surface area (Å²) in [5.74, 6) is -0.485. The average Bonchev–Trinajstić information content (AvgIpc) is 2.44. The van der Waals surface area contributed by atoms with Crippen molar-refractivity contribution >= 4 is 5.91 Å². The van der Waals surface area contributed by atoms with Crippen molar-refractivity contribution in [3.63, 3.8) is 0 Å². The molecule has 1 atom stereocenters. The van der Waals surface area contributed by atoms with Crippen molar-refractivity contribution in [1.29, 1.82) is 0 Å². The van der Waals surface area contributed by atoms with E-state index in [-0.39, 0.29) is 12.1 Å². The van der Waals surface area contributed by atoms with Crippen LogP contribution in [0, 0.1) is 13.8 Å². The lowest BCUT2D eigenvalue weighted by atomic mass is 10.1. The largest absolute Gasteiger partial charge is 0.387 e. The Labute approximate surface area is 122 Å². The maximum absolute atomic E-state index is 12.0. The highest BCUT2D eigenvalue weighted by Crippen LogP contribution is 2.13. The predicted octanol–water partition coefficient (Wildman–Crippen LogP) is 1.46. The lowest BCUT2D eigenvalue weighted by Gasteiger charge is -2.13. The molecule has 0 aliphatic rings. The van der Waals surface area contributed by atoms with Crippen LogP contribution >= 0.6 is 0 Å². The normalized spacial score (nSPS) is 12.0. The number of carbonyl (C=O) groups is 1. The van der Waals surface area contributed by atoms with E-state index in [2.05, 4.69) is 10.3 Å². The molecule has 0 spiro atoms. The second kappa shape index (κ2) is 6.37. The lowest BCUT2D eigenvalue weighted by molar-refractivity contribution is 0.0914. The first kappa shape index (κ1) is 15.0. The molecule has 0 saturated carbocycles. The molecule has 0 bridgehead atoms. The Morgan fingerprint density at radius 1 is 1.33 bits per heavy atom. The number of nitrogens with one attached hydrogen (secondary N) is 2. The van der Waals surface area contributed by atoms with Crippen LogP contribution < -0.4 is 10.9 Å². The second-order valence-electron chi connectivity index (χ2n) is 5.00. The fraction of sp³-hybridized carbons (Fsp3) is 0.250. The Kier molecular flexibility index (Phi) is 4.55. The van der Waals surface area contributed by atoms with Gasteiger partial charge in [-0.15, -0.1) is 0 Å². The molecule has 110 valence electrons. The standard InChI is InChI=1S/C16H18N2O3/c1-10-4-3-5-12(8-10)13(19)9-18-16(21)14-11(2)6-7-17-15(14)20/h3-8,13,19H,9H2,1-2H3,(H,17,20)(H,18,21). The van der Waals surface area contributed by atoms with E-state index in [1.165, 1.54) is 6.20 Å². The molecule has 5 heteroatoms. The van der Waals surface area contributed by atoms with Crippen LogP contribution in [-0.2, 0) is 0 Å². The van der Waals surface area contributed by atoms with Crippen LogP contribution in [0.2, 0.25) is 0 Å². The van der Waals surface area contributed by atoms with Gasteiger partial charge in [0.2, 0.25) is 0 Å². The smallest absolute Gasteiger partial charge is 0.261 e. The summed E-state index contributed by atoms with van der Waals surface area (Å²) in [5.41, 5.74) is 2.01.